The van der Waals surface area contributed by atoms with Gasteiger partial charge in [0.05, 0.1) is 26.0 Å². The van der Waals surface area contributed by atoms with Gasteiger partial charge < -0.3 is 30.0 Å². The molecule has 2 rings (SSSR count). The van der Waals surface area contributed by atoms with E-state index in [0.717, 1.165) is 0 Å². The van der Waals surface area contributed by atoms with Crippen molar-refractivity contribution in [1.82, 2.24) is 5.32 Å². The topological polar surface area (TPSA) is 92.0 Å². The summed E-state index contributed by atoms with van der Waals surface area (Å²) in [4.78, 5) is 12.6. The molecule has 0 unspecified atom stereocenters. The molecule has 1 aliphatic carbocycles. The van der Waals surface area contributed by atoms with Crippen LogP contribution in [0.2, 0.25) is 0 Å². The third-order valence-electron chi connectivity index (χ3n) is 4.58. The Balaban J connectivity index is 2.03. The zero-order chi connectivity index (χ0) is 17.6. The molecule has 138 valence electrons. The van der Waals surface area contributed by atoms with E-state index < -0.39 is 11.2 Å². The zero-order valence-electron chi connectivity index (χ0n) is 14.9. The van der Waals surface area contributed by atoms with Crippen molar-refractivity contribution in [1.29, 1.82) is 0 Å². The average molecular weight is 342 g/mol. The molecule has 2 aliphatic rings. The Morgan fingerprint density at radius 1 is 1.21 bits per heavy atom. The molecule has 0 radical (unpaired) electrons. The Labute approximate surface area is 143 Å². The Morgan fingerprint density at radius 2 is 1.83 bits per heavy atom. The fraction of sp³-hybridized carbons (Fsp3) is 0.824. The van der Waals surface area contributed by atoms with Crippen molar-refractivity contribution in [2.24, 2.45) is 11.1 Å². The number of ether oxygens (including phenoxy) is 4. The van der Waals surface area contributed by atoms with Crippen molar-refractivity contribution in [3.8, 4) is 0 Å². The highest BCUT2D eigenvalue weighted by Gasteiger charge is 2.51. The van der Waals surface area contributed by atoms with Crippen LogP contribution in [0.5, 0.6) is 0 Å². The minimum Gasteiger partial charge on any atom is -0.477 e. The van der Waals surface area contributed by atoms with Gasteiger partial charge in [-0.25, -0.2) is 0 Å². The summed E-state index contributed by atoms with van der Waals surface area (Å²) < 4.78 is 22.6. The SMILES string of the molecule is CCOC(=O)C1(CO/C(=C/N)NC(C)C)CCC2(CC1)OCCO2. The first-order valence-electron chi connectivity index (χ1n) is 8.72. The van der Waals surface area contributed by atoms with Gasteiger partial charge in [0.25, 0.3) is 0 Å². The first-order chi connectivity index (χ1) is 11.5. The summed E-state index contributed by atoms with van der Waals surface area (Å²) in [6.45, 7) is 7.60. The molecule has 1 heterocycles. The van der Waals surface area contributed by atoms with Crippen molar-refractivity contribution in [2.75, 3.05) is 26.4 Å². The van der Waals surface area contributed by atoms with E-state index in [1.54, 1.807) is 0 Å². The molecule has 7 heteroatoms. The van der Waals surface area contributed by atoms with Gasteiger partial charge in [0.15, 0.2) is 5.79 Å². The van der Waals surface area contributed by atoms with Gasteiger partial charge in [-0.3, -0.25) is 4.79 Å². The number of esters is 1. The second-order valence-corrected chi connectivity index (χ2v) is 6.73. The second-order valence-electron chi connectivity index (χ2n) is 6.73. The lowest BCUT2D eigenvalue weighted by Gasteiger charge is -2.41. The third-order valence-corrected chi connectivity index (χ3v) is 4.58. The van der Waals surface area contributed by atoms with E-state index in [1.165, 1.54) is 6.20 Å². The molecule has 2 fully saturated rings. The van der Waals surface area contributed by atoms with Gasteiger partial charge in [0.2, 0.25) is 5.88 Å². The van der Waals surface area contributed by atoms with Crippen LogP contribution in [0.15, 0.2) is 12.1 Å². The van der Waals surface area contributed by atoms with E-state index in [0.29, 0.717) is 51.4 Å². The third kappa shape index (κ3) is 4.33. The van der Waals surface area contributed by atoms with E-state index in [1.807, 2.05) is 20.8 Å². The normalized spacial score (nSPS) is 22.6. The molecule has 24 heavy (non-hydrogen) atoms. The van der Waals surface area contributed by atoms with Crippen LogP contribution in [-0.2, 0) is 23.7 Å². The molecule has 0 aromatic rings. The molecule has 0 amide bonds. The summed E-state index contributed by atoms with van der Waals surface area (Å²) >= 11 is 0. The molecule has 3 N–H and O–H groups in total. The number of rotatable bonds is 7. The van der Waals surface area contributed by atoms with Crippen molar-refractivity contribution in [3.05, 3.63) is 12.1 Å². The standard InChI is InChI=1S/C17H30N2O5/c1-4-21-15(20)16(12-22-14(11-18)19-13(2)3)5-7-17(8-6-16)23-9-10-24-17/h11,13,19H,4-10,12,18H2,1-3H3/b14-11+. The first-order valence-corrected chi connectivity index (χ1v) is 8.72. The Kier molecular flexibility index (Phi) is 6.34. The van der Waals surface area contributed by atoms with E-state index >= 15 is 0 Å². The molecule has 0 atom stereocenters. The molecule has 1 aliphatic heterocycles. The van der Waals surface area contributed by atoms with Crippen molar-refractivity contribution >= 4 is 5.97 Å². The van der Waals surface area contributed by atoms with Crippen LogP contribution in [0.4, 0.5) is 0 Å². The lowest BCUT2D eigenvalue weighted by atomic mass is 9.72. The zero-order valence-corrected chi connectivity index (χ0v) is 14.9. The van der Waals surface area contributed by atoms with Crippen molar-refractivity contribution in [3.63, 3.8) is 0 Å². The summed E-state index contributed by atoms with van der Waals surface area (Å²) in [6.07, 6.45) is 3.91. The van der Waals surface area contributed by atoms with Gasteiger partial charge in [-0.2, -0.15) is 0 Å². The Morgan fingerprint density at radius 3 is 2.33 bits per heavy atom. The van der Waals surface area contributed by atoms with E-state index in [-0.39, 0.29) is 18.6 Å². The monoisotopic (exact) mass is 342 g/mol. The van der Waals surface area contributed by atoms with Gasteiger partial charge in [0, 0.05) is 18.9 Å². The number of nitrogens with two attached hydrogens (primary N) is 1. The Bertz CT molecular complexity index is 448. The highest BCUT2D eigenvalue weighted by molar-refractivity contribution is 5.77. The van der Waals surface area contributed by atoms with Crippen LogP contribution in [0.1, 0.15) is 46.5 Å². The summed E-state index contributed by atoms with van der Waals surface area (Å²) in [6, 6.07) is 0.188. The minimum atomic E-state index is -0.691. The molecule has 7 nitrogen and oxygen atoms in total. The van der Waals surface area contributed by atoms with Crippen LogP contribution in [0.3, 0.4) is 0 Å². The fourth-order valence-electron chi connectivity index (χ4n) is 3.23. The van der Waals surface area contributed by atoms with Crippen LogP contribution >= 0.6 is 0 Å². The maximum atomic E-state index is 12.6. The van der Waals surface area contributed by atoms with E-state index in [4.69, 9.17) is 24.7 Å². The lowest BCUT2D eigenvalue weighted by Crippen LogP contribution is -2.47. The maximum Gasteiger partial charge on any atom is 0.315 e. The second kappa shape index (κ2) is 8.07. The van der Waals surface area contributed by atoms with Crippen molar-refractivity contribution in [2.45, 2.75) is 58.3 Å². The van der Waals surface area contributed by atoms with Crippen LogP contribution in [0.25, 0.3) is 0 Å². The summed E-state index contributed by atoms with van der Waals surface area (Å²) in [5.74, 6) is -0.278. The summed E-state index contributed by atoms with van der Waals surface area (Å²) in [7, 11) is 0. The number of hydrogen-bond donors (Lipinski definition) is 2. The smallest absolute Gasteiger partial charge is 0.315 e. The van der Waals surface area contributed by atoms with Gasteiger partial charge in [-0.15, -0.1) is 0 Å². The number of nitrogens with one attached hydrogen (secondary N) is 1. The van der Waals surface area contributed by atoms with Gasteiger partial charge in [0.1, 0.15) is 12.0 Å². The quantitative estimate of drug-likeness (QED) is 0.536. The predicted octanol–water partition coefficient (Wildman–Crippen LogP) is 1.63. The van der Waals surface area contributed by atoms with E-state index in [9.17, 15) is 4.79 Å². The molecule has 0 aromatic carbocycles. The predicted molar refractivity (Wildman–Crippen MR) is 88.7 cm³/mol. The highest BCUT2D eigenvalue weighted by Crippen LogP contribution is 2.45. The minimum absolute atomic E-state index is 0.188. The molecule has 0 bridgehead atoms. The van der Waals surface area contributed by atoms with Crippen LogP contribution in [0, 0.1) is 5.41 Å². The molecule has 1 saturated heterocycles. The van der Waals surface area contributed by atoms with Crippen molar-refractivity contribution < 1.29 is 23.7 Å². The van der Waals surface area contributed by atoms with E-state index in [2.05, 4.69) is 5.32 Å². The highest BCUT2D eigenvalue weighted by atomic mass is 16.7. The first kappa shape index (κ1) is 18.9. The molecule has 0 aromatic heterocycles. The average Bonchev–Trinajstić information content (AvgIpc) is 3.01. The van der Waals surface area contributed by atoms with Gasteiger partial charge in [-0.05, 0) is 33.6 Å². The molecule has 1 saturated carbocycles. The molecule has 1 spiro atoms. The number of hydrogen-bond acceptors (Lipinski definition) is 7. The van der Waals surface area contributed by atoms with Crippen LogP contribution in [-0.4, -0.2) is 44.2 Å². The van der Waals surface area contributed by atoms with Gasteiger partial charge >= 0.3 is 5.97 Å². The maximum absolute atomic E-state index is 12.6. The molecular weight excluding hydrogens is 312 g/mol. The Hall–Kier alpha value is -1.47. The number of carbonyl (C=O) groups is 1. The fourth-order valence-corrected chi connectivity index (χ4v) is 3.23. The summed E-state index contributed by atoms with van der Waals surface area (Å²) in [5, 5.41) is 3.12. The summed E-state index contributed by atoms with van der Waals surface area (Å²) in [5.41, 5.74) is 4.91. The largest absolute Gasteiger partial charge is 0.477 e. The van der Waals surface area contributed by atoms with Gasteiger partial charge in [-0.1, -0.05) is 0 Å². The molecular formula is C17H30N2O5. The number of carbonyl (C=O) groups excluding carboxylic acids is 1. The van der Waals surface area contributed by atoms with Crippen LogP contribution < -0.4 is 11.1 Å². The lowest BCUT2D eigenvalue weighted by molar-refractivity contribution is -0.203.